The van der Waals surface area contributed by atoms with Gasteiger partial charge in [-0.1, -0.05) is 57.2 Å². The average Bonchev–Trinajstić information content (AvgIpc) is 2.30. The van der Waals surface area contributed by atoms with E-state index in [4.69, 9.17) is 0 Å². The van der Waals surface area contributed by atoms with E-state index in [9.17, 15) is 0 Å². The summed E-state index contributed by atoms with van der Waals surface area (Å²) < 4.78 is 0. The van der Waals surface area contributed by atoms with Crippen LogP contribution >= 0.6 is 0 Å². The van der Waals surface area contributed by atoms with Gasteiger partial charge in [-0.15, -0.1) is 0 Å². The van der Waals surface area contributed by atoms with E-state index >= 15 is 0 Å². The molecule has 0 aliphatic rings. The molecule has 92 valence electrons. The Morgan fingerprint density at radius 1 is 1.00 bits per heavy atom. The first-order valence-electron chi connectivity index (χ1n) is 6.50. The van der Waals surface area contributed by atoms with Crippen LogP contribution in [0.25, 0.3) is 0 Å². The lowest BCUT2D eigenvalue weighted by Crippen LogP contribution is -2.20. The van der Waals surface area contributed by atoms with Gasteiger partial charge in [-0.2, -0.15) is 0 Å². The molecule has 0 fully saturated rings. The van der Waals surface area contributed by atoms with Crippen molar-refractivity contribution in [1.29, 1.82) is 0 Å². The third-order valence-corrected chi connectivity index (χ3v) is 2.27. The zero-order valence-electron chi connectivity index (χ0n) is 11.1. The van der Waals surface area contributed by atoms with Crippen LogP contribution in [-0.2, 0) is 0 Å². The lowest BCUT2D eigenvalue weighted by Gasteiger charge is -2.06. The molecule has 0 aromatic heterocycles. The Bertz CT molecular complexity index is 213. The molecule has 0 bridgehead atoms. The van der Waals surface area contributed by atoms with Crippen molar-refractivity contribution in [3.8, 4) is 0 Å². The van der Waals surface area contributed by atoms with Crippen molar-refractivity contribution in [3.63, 3.8) is 0 Å². The van der Waals surface area contributed by atoms with Crippen molar-refractivity contribution in [2.24, 2.45) is 5.92 Å². The van der Waals surface area contributed by atoms with Gasteiger partial charge in [0.25, 0.3) is 0 Å². The molecule has 1 atom stereocenters. The van der Waals surface area contributed by atoms with E-state index in [1.54, 1.807) is 0 Å². The first-order valence-corrected chi connectivity index (χ1v) is 6.50. The Balaban J connectivity index is 3.36. The summed E-state index contributed by atoms with van der Waals surface area (Å²) in [5, 5.41) is 3.46. The minimum atomic E-state index is 0.643. The number of allylic oxidation sites excluding steroid dienone is 4. The van der Waals surface area contributed by atoms with E-state index in [-0.39, 0.29) is 0 Å². The van der Waals surface area contributed by atoms with Crippen molar-refractivity contribution in [2.45, 2.75) is 40.0 Å². The van der Waals surface area contributed by atoms with E-state index in [0.717, 1.165) is 32.4 Å². The van der Waals surface area contributed by atoms with Crippen molar-refractivity contribution >= 4 is 0 Å². The molecule has 0 spiro atoms. The summed E-state index contributed by atoms with van der Waals surface area (Å²) in [6.07, 6.45) is 16.5. The fraction of sp³-hybridized carbons (Fsp3) is 0.600. The third-order valence-electron chi connectivity index (χ3n) is 2.27. The van der Waals surface area contributed by atoms with Crippen LogP contribution in [0.2, 0.25) is 0 Å². The second kappa shape index (κ2) is 12.3. The van der Waals surface area contributed by atoms with Crippen molar-refractivity contribution in [1.82, 2.24) is 5.32 Å². The molecule has 0 saturated carbocycles. The van der Waals surface area contributed by atoms with Crippen molar-refractivity contribution in [3.05, 3.63) is 36.5 Å². The van der Waals surface area contributed by atoms with Crippen LogP contribution in [0.4, 0.5) is 0 Å². The molecular weight excluding hydrogens is 194 g/mol. The summed E-state index contributed by atoms with van der Waals surface area (Å²) in [4.78, 5) is 0. The molecular formula is C15H27N. The molecule has 16 heavy (non-hydrogen) atoms. The summed E-state index contributed by atoms with van der Waals surface area (Å²) in [5.74, 6) is 0.643. The van der Waals surface area contributed by atoms with E-state index in [1.165, 1.54) is 0 Å². The maximum Gasteiger partial charge on any atom is 0.00116 e. The first-order chi connectivity index (χ1) is 7.81. The van der Waals surface area contributed by atoms with Crippen LogP contribution in [0.15, 0.2) is 36.5 Å². The maximum atomic E-state index is 3.46. The van der Waals surface area contributed by atoms with Gasteiger partial charge in [0.05, 0.1) is 0 Å². The standard InChI is InChI=1S/C15H27N/c1-4-6-8-9-10-11-13-16-14-15(3)12-7-5-2/h6-10,12,15-16H,4-5,11,13-14H2,1-3H3/b8-6-,10-9-,12-7-. The van der Waals surface area contributed by atoms with Crippen LogP contribution in [-0.4, -0.2) is 13.1 Å². The van der Waals surface area contributed by atoms with Gasteiger partial charge in [0, 0.05) is 6.54 Å². The lowest BCUT2D eigenvalue weighted by atomic mass is 10.1. The number of nitrogens with one attached hydrogen (secondary N) is 1. The summed E-state index contributed by atoms with van der Waals surface area (Å²) in [6.45, 7) is 8.72. The van der Waals surface area contributed by atoms with Gasteiger partial charge in [0.15, 0.2) is 0 Å². The maximum absolute atomic E-state index is 3.46. The normalized spacial score (nSPS) is 14.4. The van der Waals surface area contributed by atoms with Crippen LogP contribution in [0.5, 0.6) is 0 Å². The largest absolute Gasteiger partial charge is 0.316 e. The summed E-state index contributed by atoms with van der Waals surface area (Å²) in [6, 6.07) is 0. The predicted octanol–water partition coefficient (Wildman–Crippen LogP) is 4.09. The van der Waals surface area contributed by atoms with E-state index < -0.39 is 0 Å². The van der Waals surface area contributed by atoms with Gasteiger partial charge < -0.3 is 5.32 Å². The zero-order chi connectivity index (χ0) is 12.1. The van der Waals surface area contributed by atoms with Gasteiger partial charge in [-0.25, -0.2) is 0 Å². The molecule has 0 aliphatic carbocycles. The smallest absolute Gasteiger partial charge is 0.00116 e. The Morgan fingerprint density at radius 3 is 2.38 bits per heavy atom. The van der Waals surface area contributed by atoms with Gasteiger partial charge in [-0.05, 0) is 31.7 Å². The lowest BCUT2D eigenvalue weighted by molar-refractivity contribution is 0.597. The Labute approximate surface area is 101 Å². The molecule has 0 amide bonds. The molecule has 0 radical (unpaired) electrons. The highest BCUT2D eigenvalue weighted by molar-refractivity contribution is 5.02. The fourth-order valence-corrected chi connectivity index (χ4v) is 1.34. The molecule has 1 unspecified atom stereocenters. The van der Waals surface area contributed by atoms with Crippen LogP contribution in [0.3, 0.4) is 0 Å². The van der Waals surface area contributed by atoms with Crippen LogP contribution < -0.4 is 5.32 Å². The number of rotatable bonds is 9. The van der Waals surface area contributed by atoms with Crippen LogP contribution in [0.1, 0.15) is 40.0 Å². The number of hydrogen-bond donors (Lipinski definition) is 1. The highest BCUT2D eigenvalue weighted by Crippen LogP contribution is 1.96. The number of hydrogen-bond acceptors (Lipinski definition) is 1. The summed E-state index contributed by atoms with van der Waals surface area (Å²) >= 11 is 0. The highest BCUT2D eigenvalue weighted by atomic mass is 14.8. The first kappa shape index (κ1) is 15.2. The molecule has 0 heterocycles. The van der Waals surface area contributed by atoms with Gasteiger partial charge in [0.1, 0.15) is 0 Å². The quantitative estimate of drug-likeness (QED) is 0.351. The van der Waals surface area contributed by atoms with E-state index in [2.05, 4.69) is 62.5 Å². The molecule has 0 saturated heterocycles. The average molecular weight is 221 g/mol. The van der Waals surface area contributed by atoms with Crippen molar-refractivity contribution in [2.75, 3.05) is 13.1 Å². The molecule has 0 aromatic rings. The summed E-state index contributed by atoms with van der Waals surface area (Å²) in [5.41, 5.74) is 0. The van der Waals surface area contributed by atoms with Crippen LogP contribution in [0, 0.1) is 5.92 Å². The topological polar surface area (TPSA) is 12.0 Å². The second-order valence-corrected chi connectivity index (χ2v) is 4.07. The Morgan fingerprint density at radius 2 is 1.69 bits per heavy atom. The predicted molar refractivity (Wildman–Crippen MR) is 74.7 cm³/mol. The van der Waals surface area contributed by atoms with Gasteiger partial charge in [0.2, 0.25) is 0 Å². The fourth-order valence-electron chi connectivity index (χ4n) is 1.34. The highest BCUT2D eigenvalue weighted by Gasteiger charge is 1.93. The molecule has 0 rings (SSSR count). The van der Waals surface area contributed by atoms with Gasteiger partial charge in [-0.3, -0.25) is 0 Å². The minimum absolute atomic E-state index is 0.643. The Kier molecular flexibility index (Phi) is 11.6. The third kappa shape index (κ3) is 11.3. The molecule has 1 N–H and O–H groups in total. The Hall–Kier alpha value is -0.820. The minimum Gasteiger partial charge on any atom is -0.316 e. The summed E-state index contributed by atoms with van der Waals surface area (Å²) in [7, 11) is 0. The molecule has 1 nitrogen and oxygen atoms in total. The second-order valence-electron chi connectivity index (χ2n) is 4.07. The molecule has 1 heteroatoms. The monoisotopic (exact) mass is 221 g/mol. The van der Waals surface area contributed by atoms with Gasteiger partial charge >= 0.3 is 0 Å². The van der Waals surface area contributed by atoms with E-state index in [0.29, 0.717) is 5.92 Å². The molecule has 0 aromatic carbocycles. The molecule has 0 aliphatic heterocycles. The zero-order valence-corrected chi connectivity index (χ0v) is 11.1. The SMILES string of the molecule is CC/C=C\C=C/CCNCC(C)/C=C\CC. The van der Waals surface area contributed by atoms with Crippen molar-refractivity contribution < 1.29 is 0 Å². The van der Waals surface area contributed by atoms with E-state index in [1.807, 2.05) is 0 Å².